The third-order valence-corrected chi connectivity index (χ3v) is 1.69. The summed E-state index contributed by atoms with van der Waals surface area (Å²) in [4.78, 5) is 6.97. The first kappa shape index (κ1) is 11.9. The number of hydrogen-bond donors (Lipinski definition) is 1. The van der Waals surface area contributed by atoms with Gasteiger partial charge in [-0.15, -0.1) is 0 Å². The summed E-state index contributed by atoms with van der Waals surface area (Å²) in [5.41, 5.74) is -0.465. The van der Waals surface area contributed by atoms with Gasteiger partial charge in [-0.05, 0) is 0 Å². The molecule has 1 N–H and O–H groups in total. The van der Waals surface area contributed by atoms with Crippen molar-refractivity contribution in [1.29, 1.82) is 0 Å². The maximum Gasteiger partial charge on any atom is 0.434 e. The van der Waals surface area contributed by atoms with E-state index in [1.54, 1.807) is 0 Å². The molecule has 0 aromatic carbocycles. The zero-order valence-electron chi connectivity index (χ0n) is 8.47. The fraction of sp³-hybridized carbons (Fsp3) is 0.556. The van der Waals surface area contributed by atoms with E-state index in [1.165, 1.54) is 0 Å². The summed E-state index contributed by atoms with van der Waals surface area (Å²) in [7, 11) is 0. The number of halogens is 3. The predicted molar refractivity (Wildman–Crippen MR) is 49.0 cm³/mol. The van der Waals surface area contributed by atoms with Gasteiger partial charge in [0.25, 0.3) is 0 Å². The van der Waals surface area contributed by atoms with Crippen molar-refractivity contribution in [3.05, 3.63) is 23.8 Å². The van der Waals surface area contributed by atoms with Gasteiger partial charge in [-0.1, -0.05) is 13.8 Å². The normalized spacial score (nSPS) is 12.1. The monoisotopic (exact) mass is 219 g/mol. The fourth-order valence-corrected chi connectivity index (χ4v) is 0.901. The molecular formula is C9H12F3N3. The fourth-order valence-electron chi connectivity index (χ4n) is 0.901. The Labute approximate surface area is 85.7 Å². The molecule has 84 valence electrons. The van der Waals surface area contributed by atoms with Crippen LogP contribution in [0.3, 0.4) is 0 Å². The maximum atomic E-state index is 12.1. The van der Waals surface area contributed by atoms with Crippen LogP contribution in [0.1, 0.15) is 25.2 Å². The van der Waals surface area contributed by atoms with Crippen molar-refractivity contribution in [2.45, 2.75) is 32.6 Å². The average Bonchev–Trinajstić information content (AvgIpc) is 2.14. The molecule has 15 heavy (non-hydrogen) atoms. The molecule has 1 aromatic heterocycles. The van der Waals surface area contributed by atoms with Gasteiger partial charge in [0.15, 0.2) is 5.69 Å². The van der Waals surface area contributed by atoms with Crippen molar-refractivity contribution in [3.8, 4) is 0 Å². The smallest absolute Gasteiger partial charge is 0.309 e. The molecule has 1 heterocycles. The zero-order valence-corrected chi connectivity index (χ0v) is 8.47. The minimum atomic E-state index is -4.42. The van der Waals surface area contributed by atoms with Gasteiger partial charge in [0.05, 0.1) is 18.1 Å². The summed E-state index contributed by atoms with van der Waals surface area (Å²) in [6.07, 6.45) is -2.54. The first-order chi connectivity index (χ1) is 6.89. The van der Waals surface area contributed by atoms with Gasteiger partial charge in [-0.2, -0.15) is 13.2 Å². The van der Waals surface area contributed by atoms with Crippen LogP contribution in [0, 0.1) is 0 Å². The van der Waals surface area contributed by atoms with Gasteiger partial charge < -0.3 is 5.32 Å². The van der Waals surface area contributed by atoms with Crippen LogP contribution in [0.5, 0.6) is 0 Å². The standard InChI is InChI=1S/C9H12F3N3/c1-6(2)13-3-7-4-15-8(5-14-7)9(10,11)12/h4-6,13H,3H2,1-2H3. The minimum absolute atomic E-state index is 0.258. The molecule has 1 aromatic rings. The summed E-state index contributed by atoms with van der Waals surface area (Å²) in [6, 6.07) is 0.258. The molecule has 1 rings (SSSR count). The lowest BCUT2D eigenvalue weighted by atomic mass is 10.3. The van der Waals surface area contributed by atoms with Crippen molar-refractivity contribution in [2.75, 3.05) is 0 Å². The Kier molecular flexibility index (Phi) is 3.62. The van der Waals surface area contributed by atoms with Crippen molar-refractivity contribution in [3.63, 3.8) is 0 Å². The number of nitrogens with zero attached hydrogens (tertiary/aromatic N) is 2. The van der Waals surface area contributed by atoms with Crippen LogP contribution >= 0.6 is 0 Å². The number of nitrogens with one attached hydrogen (secondary N) is 1. The van der Waals surface area contributed by atoms with Crippen LogP contribution in [0.4, 0.5) is 13.2 Å². The quantitative estimate of drug-likeness (QED) is 0.844. The number of hydrogen-bond acceptors (Lipinski definition) is 3. The Balaban J connectivity index is 2.65. The molecule has 0 radical (unpaired) electrons. The maximum absolute atomic E-state index is 12.1. The van der Waals surface area contributed by atoms with Crippen LogP contribution in [-0.4, -0.2) is 16.0 Å². The molecule has 0 aliphatic rings. The second-order valence-corrected chi connectivity index (χ2v) is 3.43. The average molecular weight is 219 g/mol. The van der Waals surface area contributed by atoms with Gasteiger partial charge in [-0.3, -0.25) is 4.98 Å². The van der Waals surface area contributed by atoms with Crippen molar-refractivity contribution < 1.29 is 13.2 Å². The highest BCUT2D eigenvalue weighted by molar-refractivity contribution is 5.05. The lowest BCUT2D eigenvalue weighted by Gasteiger charge is -2.08. The highest BCUT2D eigenvalue weighted by Gasteiger charge is 2.32. The molecule has 0 saturated carbocycles. The summed E-state index contributed by atoms with van der Waals surface area (Å²) in [5, 5.41) is 3.04. The Morgan fingerprint density at radius 3 is 2.33 bits per heavy atom. The van der Waals surface area contributed by atoms with Crippen molar-refractivity contribution in [1.82, 2.24) is 15.3 Å². The number of aromatic nitrogens is 2. The molecule has 0 amide bonds. The topological polar surface area (TPSA) is 37.8 Å². The second kappa shape index (κ2) is 4.57. The molecule has 0 spiro atoms. The van der Waals surface area contributed by atoms with Crippen molar-refractivity contribution >= 4 is 0 Å². The summed E-state index contributed by atoms with van der Waals surface area (Å²) in [5.74, 6) is 0. The van der Waals surface area contributed by atoms with E-state index in [-0.39, 0.29) is 6.04 Å². The molecule has 0 unspecified atom stereocenters. The zero-order chi connectivity index (χ0) is 11.5. The van der Waals surface area contributed by atoms with Crippen LogP contribution in [0.2, 0.25) is 0 Å². The summed E-state index contributed by atoms with van der Waals surface area (Å²) < 4.78 is 36.3. The van der Waals surface area contributed by atoms with Gasteiger partial charge in [0.2, 0.25) is 0 Å². The predicted octanol–water partition coefficient (Wildman–Crippen LogP) is 1.99. The minimum Gasteiger partial charge on any atom is -0.309 e. The van der Waals surface area contributed by atoms with E-state index < -0.39 is 11.9 Å². The van der Waals surface area contributed by atoms with E-state index in [2.05, 4.69) is 15.3 Å². The Morgan fingerprint density at radius 2 is 1.93 bits per heavy atom. The van der Waals surface area contributed by atoms with E-state index in [1.807, 2.05) is 13.8 Å². The third kappa shape index (κ3) is 3.83. The molecule has 6 heteroatoms. The highest BCUT2D eigenvalue weighted by atomic mass is 19.4. The van der Waals surface area contributed by atoms with Crippen LogP contribution in [-0.2, 0) is 12.7 Å². The first-order valence-corrected chi connectivity index (χ1v) is 4.51. The molecular weight excluding hydrogens is 207 g/mol. The van der Waals surface area contributed by atoms with E-state index >= 15 is 0 Å². The summed E-state index contributed by atoms with van der Waals surface area (Å²) in [6.45, 7) is 4.30. The molecule has 0 fully saturated rings. The number of rotatable bonds is 3. The molecule has 0 saturated heterocycles. The molecule has 3 nitrogen and oxygen atoms in total. The van der Waals surface area contributed by atoms with Gasteiger partial charge in [0.1, 0.15) is 0 Å². The van der Waals surface area contributed by atoms with E-state index in [9.17, 15) is 13.2 Å². The Morgan fingerprint density at radius 1 is 1.27 bits per heavy atom. The molecule has 0 aliphatic carbocycles. The van der Waals surface area contributed by atoms with E-state index in [0.717, 1.165) is 12.4 Å². The third-order valence-electron chi connectivity index (χ3n) is 1.69. The van der Waals surface area contributed by atoms with Crippen LogP contribution in [0.15, 0.2) is 12.4 Å². The van der Waals surface area contributed by atoms with Gasteiger partial charge >= 0.3 is 6.18 Å². The van der Waals surface area contributed by atoms with Crippen molar-refractivity contribution in [2.24, 2.45) is 0 Å². The lowest BCUT2D eigenvalue weighted by molar-refractivity contribution is -0.141. The summed E-state index contributed by atoms with van der Waals surface area (Å²) >= 11 is 0. The van der Waals surface area contributed by atoms with Crippen LogP contribution < -0.4 is 5.32 Å². The SMILES string of the molecule is CC(C)NCc1cnc(C(F)(F)F)cn1. The molecule has 0 bridgehead atoms. The molecule has 0 aliphatic heterocycles. The second-order valence-electron chi connectivity index (χ2n) is 3.43. The van der Waals surface area contributed by atoms with Gasteiger partial charge in [-0.25, -0.2) is 4.98 Å². The molecule has 0 atom stereocenters. The van der Waals surface area contributed by atoms with E-state index in [4.69, 9.17) is 0 Å². The first-order valence-electron chi connectivity index (χ1n) is 4.51. The Bertz CT molecular complexity index is 305. The number of alkyl halides is 3. The van der Waals surface area contributed by atoms with E-state index in [0.29, 0.717) is 12.2 Å². The largest absolute Gasteiger partial charge is 0.434 e. The highest BCUT2D eigenvalue weighted by Crippen LogP contribution is 2.26. The van der Waals surface area contributed by atoms with Crippen LogP contribution in [0.25, 0.3) is 0 Å². The Hall–Kier alpha value is -1.17. The lowest BCUT2D eigenvalue weighted by Crippen LogP contribution is -2.22. The van der Waals surface area contributed by atoms with Gasteiger partial charge in [0, 0.05) is 12.6 Å².